The molecule has 0 spiro atoms. The van der Waals surface area contributed by atoms with Crippen LogP contribution in [0, 0.1) is 0 Å². The Hall–Kier alpha value is -1.53. The Kier molecular flexibility index (Phi) is 23.5. The molecule has 0 saturated carbocycles. The largest absolute Gasteiger partial charge is 0.394 e. The minimum absolute atomic E-state index is 0.265. The lowest BCUT2D eigenvalue weighted by atomic mass is 9.97. The zero-order valence-electron chi connectivity index (χ0n) is 30.6. The minimum Gasteiger partial charge on any atom is -0.394 e. The van der Waals surface area contributed by atoms with Crippen molar-refractivity contribution in [3.8, 4) is 0 Å². The fourth-order valence-corrected chi connectivity index (χ4v) is 6.13. The van der Waals surface area contributed by atoms with Gasteiger partial charge in [-0.1, -0.05) is 95.9 Å². The maximum Gasteiger partial charge on any atom is 0.220 e. The van der Waals surface area contributed by atoms with E-state index in [0.29, 0.717) is 12.8 Å². The molecule has 2 aliphatic heterocycles. The van der Waals surface area contributed by atoms with Gasteiger partial charge in [-0.05, 0) is 32.1 Å². The first-order valence-electron chi connectivity index (χ1n) is 19.1. The number of nitrogens with one attached hydrogen (secondary N) is 1. The molecule has 0 aromatic heterocycles. The third-order valence-corrected chi connectivity index (χ3v) is 9.39. The number of unbranched alkanes of at least 4 members (excludes halogenated alkanes) is 11. The van der Waals surface area contributed by atoms with Crippen LogP contribution in [0.3, 0.4) is 0 Å². The molecule has 0 aliphatic carbocycles. The van der Waals surface area contributed by atoms with Crippen LogP contribution in [0.15, 0.2) is 24.3 Å². The van der Waals surface area contributed by atoms with E-state index < -0.39 is 86.8 Å². The van der Waals surface area contributed by atoms with Crippen molar-refractivity contribution in [1.29, 1.82) is 0 Å². The van der Waals surface area contributed by atoms with Gasteiger partial charge in [0.15, 0.2) is 12.6 Å². The Labute approximate surface area is 303 Å². The molecule has 2 fully saturated rings. The van der Waals surface area contributed by atoms with Crippen LogP contribution >= 0.6 is 0 Å². The van der Waals surface area contributed by atoms with Crippen molar-refractivity contribution in [2.24, 2.45) is 0 Å². The highest BCUT2D eigenvalue weighted by molar-refractivity contribution is 5.76. The van der Waals surface area contributed by atoms with Gasteiger partial charge in [0.05, 0.1) is 32.0 Å². The molecule has 0 radical (unpaired) electrons. The Morgan fingerprint density at radius 2 is 1.25 bits per heavy atom. The van der Waals surface area contributed by atoms with Gasteiger partial charge in [-0.15, -0.1) is 0 Å². The van der Waals surface area contributed by atoms with Crippen LogP contribution in [-0.2, 0) is 23.7 Å². The number of hydrogen-bond acceptors (Lipinski definition) is 13. The number of amides is 1. The van der Waals surface area contributed by atoms with Gasteiger partial charge >= 0.3 is 0 Å². The molecule has 0 aromatic carbocycles. The first-order valence-corrected chi connectivity index (χ1v) is 19.1. The Bertz CT molecular complexity index is 967. The predicted octanol–water partition coefficient (Wildman–Crippen LogP) is 1.48. The fourth-order valence-electron chi connectivity index (χ4n) is 6.13. The summed E-state index contributed by atoms with van der Waals surface area (Å²) in [6.07, 6.45) is 6.04. The summed E-state index contributed by atoms with van der Waals surface area (Å²) in [6, 6.07) is -0.920. The SMILES string of the molecule is CCCCCCCCC/C=C/CC/C=C/C(O)C(COC1OC(CO)C(OC2OC(CO)C(O)C(O)C2O)C(O)C1O)NC(=O)CCCCCC. The van der Waals surface area contributed by atoms with Crippen molar-refractivity contribution in [2.75, 3.05) is 19.8 Å². The number of carbonyl (C=O) groups is 1. The summed E-state index contributed by atoms with van der Waals surface area (Å²) in [5, 5.41) is 85.6. The van der Waals surface area contributed by atoms with Crippen molar-refractivity contribution >= 4 is 5.91 Å². The molecule has 0 bridgehead atoms. The van der Waals surface area contributed by atoms with Crippen molar-refractivity contribution in [3.63, 3.8) is 0 Å². The molecule has 2 saturated heterocycles. The van der Waals surface area contributed by atoms with Gasteiger partial charge < -0.3 is 65.1 Å². The summed E-state index contributed by atoms with van der Waals surface area (Å²) in [4.78, 5) is 12.8. The zero-order valence-corrected chi connectivity index (χ0v) is 30.6. The summed E-state index contributed by atoms with van der Waals surface area (Å²) in [7, 11) is 0. The zero-order chi connectivity index (χ0) is 37.6. The monoisotopic (exact) mass is 733 g/mol. The van der Waals surface area contributed by atoms with E-state index in [1.165, 1.54) is 44.9 Å². The first kappa shape index (κ1) is 45.6. The van der Waals surface area contributed by atoms with Crippen LogP contribution in [0.4, 0.5) is 0 Å². The molecule has 12 unspecified atom stereocenters. The lowest BCUT2D eigenvalue weighted by molar-refractivity contribution is -0.359. The van der Waals surface area contributed by atoms with Gasteiger partial charge in [-0.25, -0.2) is 0 Å². The topological polar surface area (TPSA) is 228 Å². The molecular formula is C37H67NO13. The second-order valence-electron chi connectivity index (χ2n) is 13.7. The number of rotatable bonds is 26. The number of aliphatic hydroxyl groups excluding tert-OH is 8. The maximum absolute atomic E-state index is 12.8. The van der Waals surface area contributed by atoms with E-state index >= 15 is 0 Å². The van der Waals surface area contributed by atoms with Crippen LogP contribution in [0.1, 0.15) is 110 Å². The van der Waals surface area contributed by atoms with Crippen molar-refractivity contribution < 1.29 is 64.6 Å². The van der Waals surface area contributed by atoms with E-state index in [4.69, 9.17) is 18.9 Å². The molecule has 2 rings (SSSR count). The summed E-state index contributed by atoms with van der Waals surface area (Å²) in [5.74, 6) is -0.271. The third-order valence-electron chi connectivity index (χ3n) is 9.39. The minimum atomic E-state index is -1.78. The molecule has 2 aliphatic rings. The second kappa shape index (κ2) is 26.3. The maximum atomic E-state index is 12.8. The molecule has 12 atom stereocenters. The number of ether oxygens (including phenoxy) is 4. The summed E-state index contributed by atoms with van der Waals surface area (Å²) < 4.78 is 22.4. The molecule has 14 nitrogen and oxygen atoms in total. The number of aliphatic hydroxyl groups is 8. The molecule has 9 N–H and O–H groups in total. The van der Waals surface area contributed by atoms with Crippen LogP contribution in [0.25, 0.3) is 0 Å². The van der Waals surface area contributed by atoms with Gasteiger partial charge in [0.25, 0.3) is 0 Å². The van der Waals surface area contributed by atoms with Gasteiger partial charge in [-0.2, -0.15) is 0 Å². The standard InChI is InChI=1S/C37H67NO13/c1-3-5-7-9-10-11-12-13-14-15-16-17-18-20-26(41)25(38-29(42)21-19-8-6-4-2)24-48-36-34(47)32(45)35(28(23-40)50-36)51-37-33(46)31(44)30(43)27(22-39)49-37/h14-15,18,20,25-28,30-37,39-41,43-47H,3-13,16-17,19,21-24H2,1-2H3,(H,38,42)/b15-14+,20-18+. The van der Waals surface area contributed by atoms with Crippen LogP contribution in [-0.4, -0.2) is 140 Å². The van der Waals surface area contributed by atoms with E-state index in [0.717, 1.165) is 32.1 Å². The lowest BCUT2D eigenvalue weighted by Crippen LogP contribution is -2.65. The van der Waals surface area contributed by atoms with E-state index in [-0.39, 0.29) is 18.9 Å². The molecule has 0 aromatic rings. The van der Waals surface area contributed by atoms with E-state index in [1.54, 1.807) is 6.08 Å². The second-order valence-corrected chi connectivity index (χ2v) is 13.7. The van der Waals surface area contributed by atoms with Gasteiger partial charge in [0.1, 0.15) is 48.8 Å². The quantitative estimate of drug-likeness (QED) is 0.0454. The molecule has 51 heavy (non-hydrogen) atoms. The van der Waals surface area contributed by atoms with Gasteiger partial charge in [0.2, 0.25) is 5.91 Å². The Balaban J connectivity index is 1.95. The highest BCUT2D eigenvalue weighted by atomic mass is 16.7. The fraction of sp³-hybridized carbons (Fsp3) is 0.865. The molecule has 1 amide bonds. The Morgan fingerprint density at radius 1 is 0.686 bits per heavy atom. The van der Waals surface area contributed by atoms with E-state index in [9.17, 15) is 45.6 Å². The van der Waals surface area contributed by atoms with Crippen LogP contribution < -0.4 is 5.32 Å². The smallest absolute Gasteiger partial charge is 0.220 e. The highest BCUT2D eigenvalue weighted by Gasteiger charge is 2.50. The molecular weight excluding hydrogens is 666 g/mol. The normalized spacial score (nSPS) is 31.3. The third kappa shape index (κ3) is 16.2. The molecule has 14 heteroatoms. The summed E-state index contributed by atoms with van der Waals surface area (Å²) >= 11 is 0. The Morgan fingerprint density at radius 3 is 1.92 bits per heavy atom. The van der Waals surface area contributed by atoms with Crippen molar-refractivity contribution in [2.45, 2.75) is 184 Å². The molecule has 298 valence electrons. The van der Waals surface area contributed by atoms with Gasteiger partial charge in [0, 0.05) is 6.42 Å². The average molecular weight is 734 g/mol. The van der Waals surface area contributed by atoms with E-state index in [1.807, 2.05) is 6.08 Å². The predicted molar refractivity (Wildman–Crippen MR) is 189 cm³/mol. The number of carbonyl (C=O) groups excluding carboxylic acids is 1. The first-order chi connectivity index (χ1) is 24.6. The van der Waals surface area contributed by atoms with Crippen LogP contribution in [0.2, 0.25) is 0 Å². The van der Waals surface area contributed by atoms with Crippen LogP contribution in [0.5, 0.6) is 0 Å². The van der Waals surface area contributed by atoms with Crippen molar-refractivity contribution in [1.82, 2.24) is 5.32 Å². The number of allylic oxidation sites excluding steroid dienone is 3. The number of hydrogen-bond donors (Lipinski definition) is 9. The van der Waals surface area contributed by atoms with Crippen molar-refractivity contribution in [3.05, 3.63) is 24.3 Å². The lowest BCUT2D eigenvalue weighted by Gasteiger charge is -2.46. The summed E-state index contributed by atoms with van der Waals surface area (Å²) in [6.45, 7) is 2.56. The highest BCUT2D eigenvalue weighted by Crippen LogP contribution is 2.29. The molecule has 2 heterocycles. The van der Waals surface area contributed by atoms with Gasteiger partial charge in [-0.3, -0.25) is 4.79 Å². The average Bonchev–Trinajstić information content (AvgIpc) is 3.12. The van der Waals surface area contributed by atoms with E-state index in [2.05, 4.69) is 31.3 Å². The summed E-state index contributed by atoms with van der Waals surface area (Å²) in [5.41, 5.74) is 0.